The largest absolute Gasteiger partial charge is 0.303 e. The first-order valence-corrected chi connectivity index (χ1v) is 3.66. The second kappa shape index (κ2) is 6.35. The minimum Gasteiger partial charge on any atom is -0.303 e. The van der Waals surface area contributed by atoms with E-state index in [-0.39, 0.29) is 5.92 Å². The highest BCUT2D eigenvalue weighted by molar-refractivity contribution is 5.52. The van der Waals surface area contributed by atoms with Gasteiger partial charge in [-0.3, -0.25) is 0 Å². The van der Waals surface area contributed by atoms with E-state index in [1.807, 2.05) is 13.8 Å². The summed E-state index contributed by atoms with van der Waals surface area (Å²) < 4.78 is 0. The molecule has 0 aromatic heterocycles. The Kier molecular flexibility index (Phi) is 5.86. The summed E-state index contributed by atoms with van der Waals surface area (Å²) in [6.45, 7) is 3.77. The Hall–Kier alpha value is -0.770. The van der Waals surface area contributed by atoms with Crippen LogP contribution in [0.2, 0.25) is 0 Å². The summed E-state index contributed by atoms with van der Waals surface area (Å²) in [6.07, 6.45) is 3.94. The number of hydrogen-bond acceptors (Lipinski definition) is 1. The number of aldehydes is 1. The number of carbonyl (C=O) groups is 1. The molecular formula is C9H14O. The smallest absolute Gasteiger partial charge is 0.122 e. The molecule has 1 atom stereocenters. The van der Waals surface area contributed by atoms with Gasteiger partial charge in [-0.05, 0) is 19.8 Å². The number of unbranched alkanes of at least 4 members (excludes halogenated alkanes) is 1. The fourth-order valence-corrected chi connectivity index (χ4v) is 0.705. The molecule has 0 aliphatic carbocycles. The van der Waals surface area contributed by atoms with E-state index in [4.69, 9.17) is 0 Å². The molecule has 56 valence electrons. The van der Waals surface area contributed by atoms with Gasteiger partial charge >= 0.3 is 0 Å². The molecule has 0 spiro atoms. The highest BCUT2D eigenvalue weighted by atomic mass is 16.1. The Morgan fingerprint density at radius 3 is 2.80 bits per heavy atom. The van der Waals surface area contributed by atoms with E-state index in [1.165, 1.54) is 0 Å². The normalized spacial score (nSPS) is 11.4. The quantitative estimate of drug-likeness (QED) is 0.330. The summed E-state index contributed by atoms with van der Waals surface area (Å²) >= 11 is 0. The van der Waals surface area contributed by atoms with Crippen LogP contribution in [0.4, 0.5) is 0 Å². The molecule has 0 rings (SSSR count). The molecule has 0 N–H and O–H groups in total. The van der Waals surface area contributed by atoms with Crippen molar-refractivity contribution in [2.75, 3.05) is 0 Å². The molecule has 0 bridgehead atoms. The molecule has 0 aromatic carbocycles. The summed E-state index contributed by atoms with van der Waals surface area (Å²) in [5.74, 6) is 5.99. The van der Waals surface area contributed by atoms with Gasteiger partial charge in [-0.2, -0.15) is 0 Å². The van der Waals surface area contributed by atoms with Crippen LogP contribution >= 0.6 is 0 Å². The van der Waals surface area contributed by atoms with Crippen molar-refractivity contribution in [1.29, 1.82) is 0 Å². The molecule has 1 unspecified atom stereocenters. The first kappa shape index (κ1) is 9.23. The number of hydrogen-bond donors (Lipinski definition) is 0. The summed E-state index contributed by atoms with van der Waals surface area (Å²) in [5.41, 5.74) is 0. The van der Waals surface area contributed by atoms with Crippen LogP contribution in [-0.2, 0) is 4.79 Å². The lowest BCUT2D eigenvalue weighted by molar-refractivity contribution is -0.110. The Morgan fingerprint density at radius 1 is 1.60 bits per heavy atom. The SMILES string of the molecule is CC#CCCCC(C)C=O. The van der Waals surface area contributed by atoms with Gasteiger partial charge in [0.05, 0.1) is 0 Å². The predicted molar refractivity (Wildman–Crippen MR) is 42.5 cm³/mol. The van der Waals surface area contributed by atoms with Gasteiger partial charge in [-0.15, -0.1) is 11.8 Å². The third-order valence-electron chi connectivity index (χ3n) is 1.37. The van der Waals surface area contributed by atoms with Gasteiger partial charge in [0.1, 0.15) is 6.29 Å². The Balaban J connectivity index is 3.16. The fraction of sp³-hybridized carbons (Fsp3) is 0.667. The molecule has 0 radical (unpaired) electrons. The summed E-state index contributed by atoms with van der Waals surface area (Å²) in [5, 5.41) is 0. The minimum atomic E-state index is 0.207. The lowest BCUT2D eigenvalue weighted by Gasteiger charge is -1.97. The summed E-state index contributed by atoms with van der Waals surface area (Å²) in [4.78, 5) is 10.1. The zero-order valence-corrected chi connectivity index (χ0v) is 6.68. The van der Waals surface area contributed by atoms with E-state index in [1.54, 1.807) is 0 Å². The van der Waals surface area contributed by atoms with Crippen LogP contribution < -0.4 is 0 Å². The summed E-state index contributed by atoms with van der Waals surface area (Å²) in [6, 6.07) is 0. The van der Waals surface area contributed by atoms with Crippen molar-refractivity contribution >= 4 is 6.29 Å². The van der Waals surface area contributed by atoms with E-state index in [9.17, 15) is 4.79 Å². The molecule has 0 heterocycles. The van der Waals surface area contributed by atoms with Crippen LogP contribution in [-0.4, -0.2) is 6.29 Å². The molecule has 1 nitrogen and oxygen atoms in total. The molecule has 0 aromatic rings. The van der Waals surface area contributed by atoms with Crippen LogP contribution in [0, 0.1) is 17.8 Å². The molecule has 0 amide bonds. The van der Waals surface area contributed by atoms with Crippen molar-refractivity contribution in [3.05, 3.63) is 0 Å². The Bertz CT molecular complexity index is 139. The lowest BCUT2D eigenvalue weighted by atomic mass is 10.1. The second-order valence-corrected chi connectivity index (χ2v) is 2.43. The standard InChI is InChI=1S/C9H14O/c1-3-4-5-6-7-9(2)8-10/h8-9H,5-7H2,1-2H3. The monoisotopic (exact) mass is 138 g/mol. The van der Waals surface area contributed by atoms with Crippen LogP contribution in [0.5, 0.6) is 0 Å². The van der Waals surface area contributed by atoms with E-state index in [2.05, 4.69) is 11.8 Å². The van der Waals surface area contributed by atoms with E-state index < -0.39 is 0 Å². The lowest BCUT2D eigenvalue weighted by Crippen LogP contribution is -1.93. The maximum Gasteiger partial charge on any atom is 0.122 e. The zero-order chi connectivity index (χ0) is 7.82. The third-order valence-corrected chi connectivity index (χ3v) is 1.37. The Labute approximate surface area is 62.8 Å². The fourth-order valence-electron chi connectivity index (χ4n) is 0.705. The van der Waals surface area contributed by atoms with Crippen molar-refractivity contribution < 1.29 is 4.79 Å². The number of rotatable bonds is 4. The van der Waals surface area contributed by atoms with Gasteiger partial charge < -0.3 is 4.79 Å². The van der Waals surface area contributed by atoms with Gasteiger partial charge in [0.2, 0.25) is 0 Å². The van der Waals surface area contributed by atoms with Crippen LogP contribution in [0.25, 0.3) is 0 Å². The van der Waals surface area contributed by atoms with Crippen molar-refractivity contribution in [1.82, 2.24) is 0 Å². The average molecular weight is 138 g/mol. The van der Waals surface area contributed by atoms with E-state index in [0.717, 1.165) is 25.5 Å². The maximum absolute atomic E-state index is 10.1. The van der Waals surface area contributed by atoms with Gasteiger partial charge in [-0.1, -0.05) is 6.92 Å². The molecule has 0 aliphatic heterocycles. The molecule has 1 heteroatoms. The zero-order valence-electron chi connectivity index (χ0n) is 6.68. The van der Waals surface area contributed by atoms with E-state index >= 15 is 0 Å². The second-order valence-electron chi connectivity index (χ2n) is 2.43. The number of carbonyl (C=O) groups excluding carboxylic acids is 1. The molecule has 10 heavy (non-hydrogen) atoms. The minimum absolute atomic E-state index is 0.207. The van der Waals surface area contributed by atoms with Gasteiger partial charge in [0.25, 0.3) is 0 Å². The van der Waals surface area contributed by atoms with Crippen molar-refractivity contribution in [3.8, 4) is 11.8 Å². The van der Waals surface area contributed by atoms with Gasteiger partial charge in [-0.25, -0.2) is 0 Å². The van der Waals surface area contributed by atoms with Gasteiger partial charge in [0, 0.05) is 12.3 Å². The predicted octanol–water partition coefficient (Wildman–Crippen LogP) is 2.02. The summed E-state index contributed by atoms with van der Waals surface area (Å²) in [7, 11) is 0. The Morgan fingerprint density at radius 2 is 2.30 bits per heavy atom. The van der Waals surface area contributed by atoms with Crippen LogP contribution in [0.1, 0.15) is 33.1 Å². The highest BCUT2D eigenvalue weighted by Crippen LogP contribution is 2.03. The van der Waals surface area contributed by atoms with Crippen LogP contribution in [0.15, 0.2) is 0 Å². The van der Waals surface area contributed by atoms with Crippen LogP contribution in [0.3, 0.4) is 0 Å². The van der Waals surface area contributed by atoms with Gasteiger partial charge in [0.15, 0.2) is 0 Å². The molecule has 0 aliphatic rings. The average Bonchev–Trinajstić information content (AvgIpc) is 1.98. The first-order chi connectivity index (χ1) is 4.81. The van der Waals surface area contributed by atoms with E-state index in [0.29, 0.717) is 0 Å². The van der Waals surface area contributed by atoms with Crippen molar-refractivity contribution in [3.63, 3.8) is 0 Å². The topological polar surface area (TPSA) is 17.1 Å². The highest BCUT2D eigenvalue weighted by Gasteiger charge is 1.96. The molecular weight excluding hydrogens is 124 g/mol. The van der Waals surface area contributed by atoms with Crippen molar-refractivity contribution in [2.24, 2.45) is 5.92 Å². The molecule has 0 saturated heterocycles. The van der Waals surface area contributed by atoms with Crippen molar-refractivity contribution in [2.45, 2.75) is 33.1 Å². The first-order valence-electron chi connectivity index (χ1n) is 3.66. The maximum atomic E-state index is 10.1. The molecule has 0 saturated carbocycles. The third kappa shape index (κ3) is 5.37. The molecule has 0 fully saturated rings.